The first-order valence-electron chi connectivity index (χ1n) is 16.0. The number of phenols is 1. The van der Waals surface area contributed by atoms with Crippen molar-refractivity contribution in [1.29, 1.82) is 0 Å². The number of amides is 4. The van der Waals surface area contributed by atoms with Crippen molar-refractivity contribution in [2.24, 2.45) is 28.0 Å². The van der Waals surface area contributed by atoms with Crippen LogP contribution in [0.5, 0.6) is 11.5 Å². The minimum absolute atomic E-state index is 0.105. The van der Waals surface area contributed by atoms with Gasteiger partial charge >= 0.3 is 0 Å². The Balaban J connectivity index is 1.24. The predicted octanol–water partition coefficient (Wildman–Crippen LogP) is 7.56. The summed E-state index contributed by atoms with van der Waals surface area (Å²) < 4.78 is 5.93. The van der Waals surface area contributed by atoms with E-state index in [1.165, 1.54) is 7.11 Å². The zero-order valence-electron chi connectivity index (χ0n) is 27.5. The number of nitrogens with zero attached hydrogens (tertiary/aromatic N) is 5. The minimum atomic E-state index is -2.07. The van der Waals surface area contributed by atoms with Crippen molar-refractivity contribution in [3.05, 3.63) is 82.3 Å². The third-order valence-electron chi connectivity index (χ3n) is 10.4. The van der Waals surface area contributed by atoms with E-state index in [1.54, 1.807) is 36.4 Å². The number of phenolic OH excluding ortho intramolecular Hbond substituents is 1. The van der Waals surface area contributed by atoms with Gasteiger partial charge < -0.3 is 14.7 Å². The summed E-state index contributed by atoms with van der Waals surface area (Å²) in [6, 6.07) is 17.4. The van der Waals surface area contributed by atoms with E-state index in [-0.39, 0.29) is 41.3 Å². The molecule has 2 aliphatic carbocycles. The number of likely N-dealkylation sites (tertiary alicyclic amines) is 1. The highest BCUT2D eigenvalue weighted by molar-refractivity contribution is 9.10. The first-order chi connectivity index (χ1) is 24.3. The number of carbonyl (C=O) groups is 4. The fourth-order valence-electron chi connectivity index (χ4n) is 7.92. The molecule has 51 heavy (non-hydrogen) atoms. The number of anilines is 2. The van der Waals surface area contributed by atoms with Gasteiger partial charge in [-0.2, -0.15) is 10.2 Å². The molecule has 1 N–H and O–H groups in total. The van der Waals surface area contributed by atoms with Crippen LogP contribution in [-0.4, -0.2) is 70.0 Å². The molecule has 264 valence electrons. The molecule has 11 nitrogen and oxygen atoms in total. The Kier molecular flexibility index (Phi) is 9.09. The molecule has 0 bridgehead atoms. The summed E-state index contributed by atoms with van der Waals surface area (Å²) in [6.07, 6.45) is 1.80. The first-order valence-corrected chi connectivity index (χ1v) is 18.7. The maximum atomic E-state index is 14.4. The number of methoxy groups -OCH3 is 1. The van der Waals surface area contributed by atoms with Crippen LogP contribution < -0.4 is 14.5 Å². The van der Waals surface area contributed by atoms with Gasteiger partial charge in [-0.3, -0.25) is 29.0 Å². The van der Waals surface area contributed by atoms with Gasteiger partial charge in [0.1, 0.15) is 0 Å². The minimum Gasteiger partial charge on any atom is -0.504 e. The molecule has 6 atom stereocenters. The Bertz CT molecular complexity index is 2040. The van der Waals surface area contributed by atoms with Crippen LogP contribution in [0.15, 0.2) is 87.0 Å². The largest absolute Gasteiger partial charge is 0.504 e. The molecule has 2 aliphatic heterocycles. The smallest absolute Gasteiger partial charge is 0.254 e. The maximum Gasteiger partial charge on any atom is 0.254 e. The number of benzene rings is 3. The van der Waals surface area contributed by atoms with Gasteiger partial charge in [0.15, 0.2) is 21.2 Å². The number of aromatic hydroxyl groups is 1. The van der Waals surface area contributed by atoms with Gasteiger partial charge in [-0.15, -0.1) is 23.2 Å². The van der Waals surface area contributed by atoms with E-state index in [4.69, 9.17) is 27.9 Å². The second kappa shape index (κ2) is 13.0. The van der Waals surface area contributed by atoms with Crippen LogP contribution in [0.3, 0.4) is 0 Å². The Morgan fingerprint density at radius 2 is 1.57 bits per heavy atom. The summed E-state index contributed by atoms with van der Waals surface area (Å²) in [6.45, 7) is 0. The topological polar surface area (TPSA) is 132 Å². The first kappa shape index (κ1) is 35.6. The Morgan fingerprint density at radius 1 is 0.941 bits per heavy atom. The van der Waals surface area contributed by atoms with Crippen LogP contribution >= 0.6 is 55.1 Å². The lowest BCUT2D eigenvalue weighted by molar-refractivity contribution is -0.138. The molecule has 15 heteroatoms. The van der Waals surface area contributed by atoms with Gasteiger partial charge in [-0.25, -0.2) is 0 Å². The lowest BCUT2D eigenvalue weighted by Gasteiger charge is -2.50. The highest BCUT2D eigenvalue weighted by atomic mass is 79.9. The standard InChI is InChI=1S/C36H31Br2Cl2N5O6/c1-43(2)21-8-4-19(5-9-21)41-42-20-6-10-22(11-7-20)45-31(47)24-13-12-23-26(28(24)32(45)48)16-35(39)33(49)44(17-37)34(50)36(35,40)29(23)25-14-18(38)15-27(51-3)30(25)46/h4-12,14-15,24,26,28-29,46H,13,16-17H2,1-3H3. The molecule has 1 saturated carbocycles. The number of azo groups is 1. The number of hydrogen-bond donors (Lipinski definition) is 1. The number of rotatable bonds is 7. The summed E-state index contributed by atoms with van der Waals surface area (Å²) in [4.78, 5) is 56.4. The van der Waals surface area contributed by atoms with Crippen molar-refractivity contribution in [3.8, 4) is 11.5 Å². The summed E-state index contributed by atoms with van der Waals surface area (Å²) in [5, 5.41) is 20.0. The van der Waals surface area contributed by atoms with Crippen LogP contribution in [0, 0.1) is 17.8 Å². The lowest BCUT2D eigenvalue weighted by atomic mass is 9.56. The number of alkyl halides is 3. The van der Waals surface area contributed by atoms with Crippen LogP contribution in [-0.2, 0) is 19.2 Å². The average molecular weight is 860 g/mol. The molecule has 6 unspecified atom stereocenters. The number of halogens is 4. The Labute approximate surface area is 320 Å². The second-order valence-corrected chi connectivity index (χ2v) is 15.8. The van der Waals surface area contributed by atoms with E-state index in [0.717, 1.165) is 15.5 Å². The molecule has 0 aromatic heterocycles. The molecule has 0 spiro atoms. The van der Waals surface area contributed by atoms with E-state index in [0.29, 0.717) is 27.1 Å². The molecule has 0 radical (unpaired) electrons. The lowest BCUT2D eigenvalue weighted by Crippen LogP contribution is -2.60. The molecule has 3 aromatic rings. The average Bonchev–Trinajstić information content (AvgIpc) is 3.45. The van der Waals surface area contributed by atoms with Crippen LogP contribution in [0.2, 0.25) is 0 Å². The van der Waals surface area contributed by atoms with Crippen molar-refractivity contribution in [2.75, 3.05) is 36.5 Å². The van der Waals surface area contributed by atoms with Gasteiger partial charge in [0.05, 0.1) is 41.5 Å². The fourth-order valence-corrected chi connectivity index (χ4v) is 9.80. The molecule has 2 heterocycles. The number of ether oxygens (including phenoxy) is 1. The van der Waals surface area contributed by atoms with Gasteiger partial charge in [0, 0.05) is 35.7 Å². The summed E-state index contributed by atoms with van der Waals surface area (Å²) in [5.41, 5.74) is 3.17. The van der Waals surface area contributed by atoms with Gasteiger partial charge in [0.25, 0.3) is 11.8 Å². The number of fused-ring (bicyclic) bond motifs is 4. The zero-order valence-corrected chi connectivity index (χ0v) is 32.2. The fraction of sp³-hybridized carbons (Fsp3) is 0.333. The summed E-state index contributed by atoms with van der Waals surface area (Å²) in [7, 11) is 5.29. The monoisotopic (exact) mass is 857 g/mol. The third kappa shape index (κ3) is 5.33. The zero-order chi connectivity index (χ0) is 36.6. The van der Waals surface area contributed by atoms with Gasteiger partial charge in [-0.1, -0.05) is 43.5 Å². The quantitative estimate of drug-likeness (QED) is 0.0853. The second-order valence-electron chi connectivity index (χ2n) is 13.2. The number of imide groups is 2. The molecule has 4 amide bonds. The SMILES string of the molecule is COc1cc(Br)cc(C2C3=CCC4C(=O)N(c5ccc(N=Nc6ccc(N(C)C)cc6)cc5)C(=O)C4C3CC3(Cl)C(=O)N(CBr)C(=O)C23Cl)c1O. The Morgan fingerprint density at radius 3 is 2.16 bits per heavy atom. The summed E-state index contributed by atoms with van der Waals surface area (Å²) in [5.74, 6) is -6.04. The van der Waals surface area contributed by atoms with Crippen LogP contribution in [0.25, 0.3) is 0 Å². The highest BCUT2D eigenvalue weighted by Gasteiger charge is 2.76. The Hall–Kier alpha value is -3.78. The molecule has 2 saturated heterocycles. The van der Waals surface area contributed by atoms with Gasteiger partial charge in [0.2, 0.25) is 11.8 Å². The van der Waals surface area contributed by atoms with E-state index in [9.17, 15) is 24.3 Å². The molecule has 4 aliphatic rings. The normalized spacial score (nSPS) is 28.6. The van der Waals surface area contributed by atoms with Crippen molar-refractivity contribution in [1.82, 2.24) is 4.90 Å². The number of allylic oxidation sites excluding steroid dienone is 2. The van der Waals surface area contributed by atoms with Crippen LogP contribution in [0.4, 0.5) is 22.7 Å². The highest BCUT2D eigenvalue weighted by Crippen LogP contribution is 2.66. The van der Waals surface area contributed by atoms with Crippen LogP contribution in [0.1, 0.15) is 24.3 Å². The van der Waals surface area contributed by atoms with Crippen molar-refractivity contribution < 1.29 is 29.0 Å². The van der Waals surface area contributed by atoms with Crippen molar-refractivity contribution in [2.45, 2.75) is 28.5 Å². The summed E-state index contributed by atoms with van der Waals surface area (Å²) >= 11 is 21.3. The predicted molar refractivity (Wildman–Crippen MR) is 200 cm³/mol. The van der Waals surface area contributed by atoms with E-state index in [1.807, 2.05) is 49.3 Å². The number of carbonyl (C=O) groups excluding carboxylic acids is 4. The van der Waals surface area contributed by atoms with Crippen molar-refractivity contribution in [3.63, 3.8) is 0 Å². The van der Waals surface area contributed by atoms with E-state index < -0.39 is 51.1 Å². The molecule has 7 rings (SSSR count). The molecular formula is C36H31Br2Cl2N5O6. The van der Waals surface area contributed by atoms with E-state index >= 15 is 0 Å². The molecule has 3 fully saturated rings. The van der Waals surface area contributed by atoms with E-state index in [2.05, 4.69) is 42.1 Å². The molecule has 3 aromatic carbocycles. The third-order valence-corrected chi connectivity index (χ3v) is 12.7. The molecular weight excluding hydrogens is 829 g/mol. The van der Waals surface area contributed by atoms with Gasteiger partial charge in [-0.05, 0) is 79.4 Å². The number of hydrogen-bond acceptors (Lipinski definition) is 9. The van der Waals surface area contributed by atoms with Crippen molar-refractivity contribution >= 4 is 101 Å². The maximum absolute atomic E-state index is 14.4.